The van der Waals surface area contributed by atoms with Gasteiger partial charge in [0.1, 0.15) is 5.02 Å². The Morgan fingerprint density at radius 3 is 2.64 bits per heavy atom. The molecule has 5 nitrogen and oxygen atoms in total. The quantitative estimate of drug-likeness (QED) is 0.651. The molecular formula is C15H22Cl2F3N3O2. The SMILES string of the molecule is CCC(C)C(N)C(=O)NCCCOc1ncc(C(F)(F)F)cc1Cl.Cl. The molecule has 2 atom stereocenters. The Balaban J connectivity index is 0.00000576. The highest BCUT2D eigenvalue weighted by Crippen LogP contribution is 2.33. The van der Waals surface area contributed by atoms with Crippen LogP contribution in [0.25, 0.3) is 0 Å². The molecule has 1 aromatic heterocycles. The van der Waals surface area contributed by atoms with E-state index >= 15 is 0 Å². The van der Waals surface area contributed by atoms with Crippen LogP contribution in [-0.4, -0.2) is 30.1 Å². The lowest BCUT2D eigenvalue weighted by molar-refractivity contribution is -0.137. The number of aromatic nitrogens is 1. The zero-order chi connectivity index (χ0) is 18.3. The number of hydrogen-bond acceptors (Lipinski definition) is 4. The minimum absolute atomic E-state index is 0. The molecule has 0 saturated heterocycles. The first-order chi connectivity index (χ1) is 11.2. The average Bonchev–Trinajstić information content (AvgIpc) is 2.53. The highest BCUT2D eigenvalue weighted by Gasteiger charge is 2.31. The number of carbonyl (C=O) groups excluding carboxylic acids is 1. The molecular weight excluding hydrogens is 382 g/mol. The summed E-state index contributed by atoms with van der Waals surface area (Å²) in [6.07, 6.45) is -2.60. The van der Waals surface area contributed by atoms with Gasteiger partial charge in [-0.25, -0.2) is 4.98 Å². The fourth-order valence-corrected chi connectivity index (χ4v) is 1.99. The molecule has 0 fully saturated rings. The number of nitrogens with two attached hydrogens (primary N) is 1. The normalized spacial score (nSPS) is 13.6. The summed E-state index contributed by atoms with van der Waals surface area (Å²) < 4.78 is 42.7. The summed E-state index contributed by atoms with van der Waals surface area (Å²) >= 11 is 5.72. The van der Waals surface area contributed by atoms with Crippen molar-refractivity contribution in [2.75, 3.05) is 13.2 Å². The van der Waals surface area contributed by atoms with E-state index in [0.717, 1.165) is 12.5 Å². The molecule has 0 saturated carbocycles. The zero-order valence-electron chi connectivity index (χ0n) is 13.9. The minimum atomic E-state index is -4.51. The summed E-state index contributed by atoms with van der Waals surface area (Å²) in [4.78, 5) is 15.3. The van der Waals surface area contributed by atoms with Crippen LogP contribution in [-0.2, 0) is 11.0 Å². The minimum Gasteiger partial charge on any atom is -0.477 e. The van der Waals surface area contributed by atoms with Crippen LogP contribution >= 0.6 is 24.0 Å². The molecule has 1 aromatic rings. The molecule has 0 aromatic carbocycles. The number of rotatable bonds is 8. The highest BCUT2D eigenvalue weighted by molar-refractivity contribution is 6.31. The number of carbonyl (C=O) groups is 1. The lowest BCUT2D eigenvalue weighted by atomic mass is 9.99. The molecule has 0 aliphatic carbocycles. The second-order valence-corrected chi connectivity index (χ2v) is 5.82. The van der Waals surface area contributed by atoms with Gasteiger partial charge in [-0.15, -0.1) is 12.4 Å². The van der Waals surface area contributed by atoms with Gasteiger partial charge in [0.2, 0.25) is 11.8 Å². The van der Waals surface area contributed by atoms with Gasteiger partial charge in [0, 0.05) is 12.7 Å². The lowest BCUT2D eigenvalue weighted by Crippen LogP contribution is -2.45. The Labute approximate surface area is 155 Å². The van der Waals surface area contributed by atoms with Crippen molar-refractivity contribution in [3.8, 4) is 5.88 Å². The van der Waals surface area contributed by atoms with E-state index in [1.807, 2.05) is 13.8 Å². The topological polar surface area (TPSA) is 77.2 Å². The van der Waals surface area contributed by atoms with E-state index in [2.05, 4.69) is 10.3 Å². The van der Waals surface area contributed by atoms with Crippen LogP contribution in [0.15, 0.2) is 12.3 Å². The Morgan fingerprint density at radius 2 is 2.12 bits per heavy atom. The first-order valence-electron chi connectivity index (χ1n) is 7.55. The molecule has 0 spiro atoms. The van der Waals surface area contributed by atoms with Crippen molar-refractivity contribution in [3.63, 3.8) is 0 Å². The molecule has 0 bridgehead atoms. The summed E-state index contributed by atoms with van der Waals surface area (Å²) in [5.74, 6) is -0.237. The standard InChI is InChI=1S/C15H21ClF3N3O2.ClH/c1-3-9(2)12(20)13(23)21-5-4-6-24-14-11(16)7-10(8-22-14)15(17,18)19;/h7-9,12H,3-6,20H2,1-2H3,(H,21,23);1H. The third-order valence-electron chi connectivity index (χ3n) is 3.55. The average molecular weight is 404 g/mol. The van der Waals surface area contributed by atoms with E-state index in [4.69, 9.17) is 22.1 Å². The Morgan fingerprint density at radius 1 is 1.48 bits per heavy atom. The third-order valence-corrected chi connectivity index (χ3v) is 3.82. The van der Waals surface area contributed by atoms with Crippen molar-refractivity contribution in [1.29, 1.82) is 0 Å². The smallest absolute Gasteiger partial charge is 0.417 e. The molecule has 3 N–H and O–H groups in total. The predicted octanol–water partition coefficient (Wildman–Crippen LogP) is 3.43. The molecule has 144 valence electrons. The summed E-state index contributed by atoms with van der Waals surface area (Å²) in [7, 11) is 0. The Kier molecular flexibility index (Phi) is 10.1. The molecule has 0 aliphatic rings. The third kappa shape index (κ3) is 7.66. The van der Waals surface area contributed by atoms with Crippen LogP contribution in [0, 0.1) is 5.92 Å². The number of hydrogen-bond donors (Lipinski definition) is 2. The van der Waals surface area contributed by atoms with Crippen LogP contribution in [0.4, 0.5) is 13.2 Å². The van der Waals surface area contributed by atoms with Gasteiger partial charge < -0.3 is 15.8 Å². The van der Waals surface area contributed by atoms with Crippen LogP contribution in [0.1, 0.15) is 32.3 Å². The number of pyridine rings is 1. The summed E-state index contributed by atoms with van der Waals surface area (Å²) in [6.45, 7) is 4.33. The zero-order valence-corrected chi connectivity index (χ0v) is 15.5. The summed E-state index contributed by atoms with van der Waals surface area (Å²) in [5, 5.41) is 2.47. The molecule has 0 aliphatic heterocycles. The molecule has 1 rings (SSSR count). The lowest BCUT2D eigenvalue weighted by Gasteiger charge is -2.17. The van der Waals surface area contributed by atoms with Crippen LogP contribution in [0.3, 0.4) is 0 Å². The number of halogens is 5. The molecule has 25 heavy (non-hydrogen) atoms. The van der Waals surface area contributed by atoms with Gasteiger partial charge in [0.25, 0.3) is 0 Å². The number of ether oxygens (including phenoxy) is 1. The molecule has 1 amide bonds. The van der Waals surface area contributed by atoms with E-state index in [9.17, 15) is 18.0 Å². The van der Waals surface area contributed by atoms with Crippen molar-refractivity contribution < 1.29 is 22.7 Å². The highest BCUT2D eigenvalue weighted by atomic mass is 35.5. The molecule has 10 heteroatoms. The second kappa shape index (κ2) is 10.7. The molecule has 0 radical (unpaired) electrons. The fraction of sp³-hybridized carbons (Fsp3) is 0.600. The monoisotopic (exact) mass is 403 g/mol. The van der Waals surface area contributed by atoms with Gasteiger partial charge in [-0.2, -0.15) is 13.2 Å². The van der Waals surface area contributed by atoms with Crippen molar-refractivity contribution in [2.24, 2.45) is 11.7 Å². The first kappa shape index (κ1) is 23.8. The summed E-state index contributed by atoms with van der Waals surface area (Å²) in [6, 6.07) is 0.193. The number of nitrogens with one attached hydrogen (secondary N) is 1. The van der Waals surface area contributed by atoms with Crippen molar-refractivity contribution in [1.82, 2.24) is 10.3 Å². The van der Waals surface area contributed by atoms with Crippen LogP contribution in [0.2, 0.25) is 5.02 Å². The maximum absolute atomic E-state index is 12.5. The van der Waals surface area contributed by atoms with Gasteiger partial charge in [-0.3, -0.25) is 4.79 Å². The van der Waals surface area contributed by atoms with E-state index in [-0.39, 0.29) is 41.7 Å². The predicted molar refractivity (Wildman–Crippen MR) is 92.0 cm³/mol. The second-order valence-electron chi connectivity index (χ2n) is 5.41. The number of alkyl halides is 3. The molecule has 1 heterocycles. The maximum atomic E-state index is 12.5. The van der Waals surface area contributed by atoms with E-state index in [1.165, 1.54) is 0 Å². The summed E-state index contributed by atoms with van der Waals surface area (Å²) in [5.41, 5.74) is 4.84. The van der Waals surface area contributed by atoms with Crippen molar-refractivity contribution >= 4 is 29.9 Å². The van der Waals surface area contributed by atoms with Crippen LogP contribution in [0.5, 0.6) is 5.88 Å². The first-order valence-corrected chi connectivity index (χ1v) is 7.93. The van der Waals surface area contributed by atoms with Gasteiger partial charge in [-0.05, 0) is 18.4 Å². The number of amides is 1. The van der Waals surface area contributed by atoms with Gasteiger partial charge in [0.05, 0.1) is 18.2 Å². The van der Waals surface area contributed by atoms with E-state index in [0.29, 0.717) is 19.2 Å². The fourth-order valence-electron chi connectivity index (χ4n) is 1.77. The van der Waals surface area contributed by atoms with Crippen molar-refractivity contribution in [3.05, 3.63) is 22.8 Å². The van der Waals surface area contributed by atoms with Gasteiger partial charge in [-0.1, -0.05) is 31.9 Å². The van der Waals surface area contributed by atoms with Gasteiger partial charge in [0.15, 0.2) is 0 Å². The Bertz CT molecular complexity index is 559. The van der Waals surface area contributed by atoms with E-state index in [1.54, 1.807) is 0 Å². The van der Waals surface area contributed by atoms with Crippen LogP contribution < -0.4 is 15.8 Å². The largest absolute Gasteiger partial charge is 0.477 e. The molecule has 2 unspecified atom stereocenters. The van der Waals surface area contributed by atoms with Gasteiger partial charge >= 0.3 is 6.18 Å². The van der Waals surface area contributed by atoms with E-state index < -0.39 is 17.8 Å². The Hall–Kier alpha value is -1.25. The van der Waals surface area contributed by atoms with Crippen molar-refractivity contribution in [2.45, 2.75) is 38.9 Å². The maximum Gasteiger partial charge on any atom is 0.417 e. The number of nitrogens with zero attached hydrogens (tertiary/aromatic N) is 1.